The van der Waals surface area contributed by atoms with Gasteiger partial charge in [0.15, 0.2) is 11.9 Å². The molecule has 0 aliphatic carbocycles. The molecule has 0 saturated carbocycles. The molecule has 3 amide bonds. The summed E-state index contributed by atoms with van der Waals surface area (Å²) < 4.78 is 11.0. The van der Waals surface area contributed by atoms with E-state index in [9.17, 15) is 14.4 Å². The lowest BCUT2D eigenvalue weighted by Gasteiger charge is -2.36. The zero-order chi connectivity index (χ0) is 21.1. The number of nitrogens with zero attached hydrogens (tertiary/aromatic N) is 2. The van der Waals surface area contributed by atoms with Gasteiger partial charge in [-0.05, 0) is 56.0 Å². The molecule has 8 heteroatoms. The zero-order valence-corrected chi connectivity index (χ0v) is 16.9. The Morgan fingerprint density at radius 1 is 1.17 bits per heavy atom. The average molecular weight is 411 g/mol. The second-order valence-electron chi connectivity index (χ2n) is 7.49. The quantitative estimate of drug-likeness (QED) is 0.816. The van der Waals surface area contributed by atoms with Crippen LogP contribution < -0.4 is 15.0 Å². The number of furan rings is 1. The lowest BCUT2D eigenvalue weighted by Crippen LogP contribution is -2.51. The van der Waals surface area contributed by atoms with E-state index in [2.05, 4.69) is 5.32 Å². The summed E-state index contributed by atoms with van der Waals surface area (Å²) in [6.07, 6.45) is 4.39. The van der Waals surface area contributed by atoms with Crippen molar-refractivity contribution in [3.8, 4) is 5.75 Å². The van der Waals surface area contributed by atoms with Gasteiger partial charge in [0, 0.05) is 18.8 Å². The van der Waals surface area contributed by atoms with Gasteiger partial charge in [-0.2, -0.15) is 0 Å². The van der Waals surface area contributed by atoms with E-state index < -0.39 is 12.0 Å². The van der Waals surface area contributed by atoms with E-state index in [4.69, 9.17) is 9.15 Å². The first kappa shape index (κ1) is 20.0. The summed E-state index contributed by atoms with van der Waals surface area (Å²) in [6.45, 7) is 3.28. The molecular weight excluding hydrogens is 386 g/mol. The first-order valence-corrected chi connectivity index (χ1v) is 10.3. The van der Waals surface area contributed by atoms with Crippen LogP contribution in [0.15, 0.2) is 41.0 Å². The Balaban J connectivity index is 1.58. The molecule has 0 spiro atoms. The first-order chi connectivity index (χ1) is 14.6. The van der Waals surface area contributed by atoms with E-state index in [-0.39, 0.29) is 24.1 Å². The van der Waals surface area contributed by atoms with Crippen molar-refractivity contribution in [1.29, 1.82) is 0 Å². The molecule has 3 heterocycles. The van der Waals surface area contributed by atoms with Crippen LogP contribution >= 0.6 is 0 Å². The van der Waals surface area contributed by atoms with Gasteiger partial charge in [-0.15, -0.1) is 0 Å². The molecule has 2 aliphatic heterocycles. The standard InChI is InChI=1S/C22H25N3O5/c1-2-17-22(28)25(14-20(26)24-10-4-3-5-11-24)16-13-15(8-9-18(16)30-17)23-21(27)19-7-6-12-29-19/h6-9,12-13,17H,2-5,10-11,14H2,1H3,(H,23,27). The topological polar surface area (TPSA) is 92.1 Å². The first-order valence-electron chi connectivity index (χ1n) is 10.3. The predicted octanol–water partition coefficient (Wildman–Crippen LogP) is 3.05. The number of amides is 3. The number of nitrogens with one attached hydrogen (secondary N) is 1. The summed E-state index contributed by atoms with van der Waals surface area (Å²) in [5.41, 5.74) is 0.962. The third-order valence-corrected chi connectivity index (χ3v) is 5.44. The van der Waals surface area contributed by atoms with Crippen molar-refractivity contribution in [2.24, 2.45) is 0 Å². The second-order valence-corrected chi connectivity index (χ2v) is 7.49. The predicted molar refractivity (Wildman–Crippen MR) is 111 cm³/mol. The van der Waals surface area contributed by atoms with Crippen LogP contribution in [-0.2, 0) is 9.59 Å². The van der Waals surface area contributed by atoms with E-state index in [0.717, 1.165) is 32.4 Å². The van der Waals surface area contributed by atoms with E-state index in [0.29, 0.717) is 23.5 Å². The lowest BCUT2D eigenvalue weighted by atomic mass is 10.1. The van der Waals surface area contributed by atoms with E-state index in [1.54, 1.807) is 30.3 Å². The van der Waals surface area contributed by atoms with Crippen LogP contribution in [0.5, 0.6) is 5.75 Å². The summed E-state index contributed by atoms with van der Waals surface area (Å²) >= 11 is 0. The van der Waals surface area contributed by atoms with Crippen LogP contribution in [0.2, 0.25) is 0 Å². The Kier molecular flexibility index (Phi) is 5.74. The average Bonchev–Trinajstić information content (AvgIpc) is 3.31. The summed E-state index contributed by atoms with van der Waals surface area (Å²) in [7, 11) is 0. The highest BCUT2D eigenvalue weighted by Gasteiger charge is 2.35. The number of benzene rings is 1. The van der Waals surface area contributed by atoms with Crippen LogP contribution in [0.4, 0.5) is 11.4 Å². The van der Waals surface area contributed by atoms with E-state index in [1.807, 2.05) is 11.8 Å². The molecule has 158 valence electrons. The molecule has 1 aromatic heterocycles. The molecule has 30 heavy (non-hydrogen) atoms. The molecule has 0 radical (unpaired) electrons. The molecular formula is C22H25N3O5. The molecule has 8 nitrogen and oxygen atoms in total. The van der Waals surface area contributed by atoms with Gasteiger partial charge in [0.1, 0.15) is 12.3 Å². The maximum absolute atomic E-state index is 13.0. The number of hydrogen-bond donors (Lipinski definition) is 1. The second kappa shape index (κ2) is 8.61. The van der Waals surface area contributed by atoms with Gasteiger partial charge in [-0.25, -0.2) is 0 Å². The van der Waals surface area contributed by atoms with Crippen molar-refractivity contribution >= 4 is 29.1 Å². The van der Waals surface area contributed by atoms with Gasteiger partial charge in [0.05, 0.1) is 12.0 Å². The van der Waals surface area contributed by atoms with Crippen molar-refractivity contribution in [2.75, 3.05) is 29.9 Å². The summed E-state index contributed by atoms with van der Waals surface area (Å²) in [6, 6.07) is 8.26. The SMILES string of the molecule is CCC1Oc2ccc(NC(=O)c3ccco3)cc2N(CC(=O)N2CCCCC2)C1=O. The minimum absolute atomic E-state index is 0.0404. The molecule has 2 aromatic rings. The summed E-state index contributed by atoms with van der Waals surface area (Å²) in [5.74, 6) is -0.0156. The van der Waals surface area contributed by atoms with Crippen molar-refractivity contribution < 1.29 is 23.5 Å². The van der Waals surface area contributed by atoms with E-state index >= 15 is 0 Å². The number of ether oxygens (including phenoxy) is 1. The van der Waals surface area contributed by atoms with Gasteiger partial charge in [0.2, 0.25) is 5.91 Å². The van der Waals surface area contributed by atoms with Gasteiger partial charge in [-0.1, -0.05) is 6.92 Å². The smallest absolute Gasteiger partial charge is 0.291 e. The molecule has 1 fully saturated rings. The van der Waals surface area contributed by atoms with Gasteiger partial charge >= 0.3 is 0 Å². The highest BCUT2D eigenvalue weighted by atomic mass is 16.5. The lowest BCUT2D eigenvalue weighted by molar-refractivity contribution is -0.134. The molecule has 1 unspecified atom stereocenters. The number of likely N-dealkylation sites (tertiary alicyclic amines) is 1. The van der Waals surface area contributed by atoms with Crippen LogP contribution in [0, 0.1) is 0 Å². The van der Waals surface area contributed by atoms with Gasteiger partial charge in [0.25, 0.3) is 11.8 Å². The van der Waals surface area contributed by atoms with Crippen molar-refractivity contribution in [2.45, 2.75) is 38.7 Å². The Bertz CT molecular complexity index is 934. The Morgan fingerprint density at radius 2 is 1.97 bits per heavy atom. The molecule has 2 aliphatic rings. The zero-order valence-electron chi connectivity index (χ0n) is 16.9. The van der Waals surface area contributed by atoms with Crippen molar-refractivity contribution in [3.63, 3.8) is 0 Å². The number of rotatable bonds is 5. The minimum Gasteiger partial charge on any atom is -0.478 e. The fourth-order valence-electron chi connectivity index (χ4n) is 3.80. The monoisotopic (exact) mass is 411 g/mol. The number of hydrogen-bond acceptors (Lipinski definition) is 5. The van der Waals surface area contributed by atoms with Crippen molar-refractivity contribution in [1.82, 2.24) is 4.90 Å². The summed E-state index contributed by atoms with van der Waals surface area (Å²) in [5, 5.41) is 2.75. The van der Waals surface area contributed by atoms with Gasteiger partial charge < -0.3 is 19.4 Å². The number of anilines is 2. The Labute approximate surface area is 174 Å². The Hall–Kier alpha value is -3.29. The third-order valence-electron chi connectivity index (χ3n) is 5.44. The van der Waals surface area contributed by atoms with Gasteiger partial charge in [-0.3, -0.25) is 19.3 Å². The number of fused-ring (bicyclic) bond motifs is 1. The highest BCUT2D eigenvalue weighted by Crippen LogP contribution is 2.37. The van der Waals surface area contributed by atoms with Crippen LogP contribution in [0.3, 0.4) is 0 Å². The molecule has 0 bridgehead atoms. The number of carbonyl (C=O) groups is 3. The Morgan fingerprint density at radius 3 is 2.67 bits per heavy atom. The van der Waals surface area contributed by atoms with Crippen LogP contribution in [0.1, 0.15) is 43.2 Å². The molecule has 1 N–H and O–H groups in total. The number of carbonyl (C=O) groups excluding carboxylic acids is 3. The summed E-state index contributed by atoms with van der Waals surface area (Å²) in [4.78, 5) is 41.4. The molecule has 1 atom stereocenters. The van der Waals surface area contributed by atoms with Crippen LogP contribution in [0.25, 0.3) is 0 Å². The van der Waals surface area contributed by atoms with Crippen LogP contribution in [-0.4, -0.2) is 48.4 Å². The minimum atomic E-state index is -0.629. The fraction of sp³-hybridized carbons (Fsp3) is 0.409. The highest BCUT2D eigenvalue weighted by molar-refractivity contribution is 6.06. The van der Waals surface area contributed by atoms with Crippen molar-refractivity contribution in [3.05, 3.63) is 42.4 Å². The maximum Gasteiger partial charge on any atom is 0.291 e. The normalized spacial score (nSPS) is 18.6. The largest absolute Gasteiger partial charge is 0.478 e. The third kappa shape index (κ3) is 4.03. The molecule has 4 rings (SSSR count). The van der Waals surface area contributed by atoms with E-state index in [1.165, 1.54) is 11.2 Å². The maximum atomic E-state index is 13.0. The number of piperidine rings is 1. The molecule has 1 saturated heterocycles. The fourth-order valence-corrected chi connectivity index (χ4v) is 3.80. The molecule has 1 aromatic carbocycles.